The van der Waals surface area contributed by atoms with Crippen molar-refractivity contribution < 1.29 is 9.32 Å². The van der Waals surface area contributed by atoms with Crippen LogP contribution in [0, 0.1) is 0 Å². The average molecular weight is 279 g/mol. The van der Waals surface area contributed by atoms with E-state index in [4.69, 9.17) is 4.52 Å². The fraction of sp³-hybridized carbons (Fsp3) is 0. The fourth-order valence-corrected chi connectivity index (χ4v) is 1.87. The van der Waals surface area contributed by atoms with Crippen LogP contribution in [0.4, 0.5) is 16.3 Å². The summed E-state index contributed by atoms with van der Waals surface area (Å²) in [7, 11) is 0. The smallest absolute Gasteiger partial charge is 0.324 e. The fourth-order valence-electron chi connectivity index (χ4n) is 1.87. The van der Waals surface area contributed by atoms with E-state index < -0.39 is 0 Å². The lowest BCUT2D eigenvalue weighted by molar-refractivity contribution is 0.262. The first kappa shape index (κ1) is 12.9. The summed E-state index contributed by atoms with van der Waals surface area (Å²) in [5.74, 6) is 0.966. The zero-order chi connectivity index (χ0) is 14.5. The molecule has 0 saturated heterocycles. The van der Waals surface area contributed by atoms with E-state index in [9.17, 15) is 4.79 Å². The molecule has 0 aliphatic rings. The lowest BCUT2D eigenvalue weighted by atomic mass is 10.2. The second kappa shape index (κ2) is 5.92. The van der Waals surface area contributed by atoms with Crippen LogP contribution in [0.2, 0.25) is 0 Å². The van der Waals surface area contributed by atoms with Gasteiger partial charge in [0.25, 0.3) is 0 Å². The standard InChI is InChI=1S/C16H13N3O2/c20-16(17-13-9-5-2-6-10-13)18-15-11-14(21-19-15)12-7-3-1-4-8-12/h1-11H,(H2,17,18,19,20). The molecule has 3 aromatic rings. The molecule has 0 spiro atoms. The van der Waals surface area contributed by atoms with Crippen molar-refractivity contribution in [1.82, 2.24) is 5.16 Å². The molecule has 0 atom stereocenters. The van der Waals surface area contributed by atoms with Gasteiger partial charge in [-0.3, -0.25) is 5.32 Å². The molecule has 2 amide bonds. The van der Waals surface area contributed by atoms with Crippen molar-refractivity contribution in [2.75, 3.05) is 10.6 Å². The van der Waals surface area contributed by atoms with Crippen molar-refractivity contribution in [3.05, 3.63) is 66.7 Å². The first-order valence-electron chi connectivity index (χ1n) is 6.46. The molecule has 0 unspecified atom stereocenters. The van der Waals surface area contributed by atoms with Gasteiger partial charge in [0.15, 0.2) is 11.6 Å². The van der Waals surface area contributed by atoms with Gasteiger partial charge in [-0.1, -0.05) is 53.7 Å². The zero-order valence-corrected chi connectivity index (χ0v) is 11.1. The molecule has 0 aliphatic heterocycles. The Morgan fingerprint density at radius 2 is 1.57 bits per heavy atom. The quantitative estimate of drug-likeness (QED) is 0.761. The van der Waals surface area contributed by atoms with E-state index in [1.54, 1.807) is 18.2 Å². The second-order valence-electron chi connectivity index (χ2n) is 4.39. The van der Waals surface area contributed by atoms with E-state index in [1.165, 1.54) is 0 Å². The molecular formula is C16H13N3O2. The maximum absolute atomic E-state index is 11.8. The van der Waals surface area contributed by atoms with E-state index in [1.807, 2.05) is 48.5 Å². The molecule has 0 bridgehead atoms. The summed E-state index contributed by atoms with van der Waals surface area (Å²) in [6.07, 6.45) is 0. The Morgan fingerprint density at radius 1 is 0.905 bits per heavy atom. The highest BCUT2D eigenvalue weighted by molar-refractivity contribution is 5.99. The van der Waals surface area contributed by atoms with Crippen molar-refractivity contribution in [3.8, 4) is 11.3 Å². The first-order valence-corrected chi connectivity index (χ1v) is 6.46. The van der Waals surface area contributed by atoms with Crippen LogP contribution in [0.25, 0.3) is 11.3 Å². The van der Waals surface area contributed by atoms with Gasteiger partial charge < -0.3 is 9.84 Å². The number of anilines is 2. The van der Waals surface area contributed by atoms with Crippen LogP contribution in [0.5, 0.6) is 0 Å². The summed E-state index contributed by atoms with van der Waals surface area (Å²) >= 11 is 0. The number of nitrogens with zero attached hydrogens (tertiary/aromatic N) is 1. The number of para-hydroxylation sites is 1. The topological polar surface area (TPSA) is 67.2 Å². The van der Waals surface area contributed by atoms with Gasteiger partial charge in [-0.15, -0.1) is 0 Å². The van der Waals surface area contributed by atoms with Gasteiger partial charge in [-0.25, -0.2) is 4.79 Å². The average Bonchev–Trinajstić information content (AvgIpc) is 2.97. The van der Waals surface area contributed by atoms with Gasteiger partial charge in [-0.2, -0.15) is 0 Å². The predicted molar refractivity (Wildman–Crippen MR) is 81.0 cm³/mol. The van der Waals surface area contributed by atoms with Crippen LogP contribution in [-0.4, -0.2) is 11.2 Å². The Balaban J connectivity index is 1.66. The minimum Gasteiger partial charge on any atom is -0.354 e. The summed E-state index contributed by atoms with van der Waals surface area (Å²) < 4.78 is 5.21. The third-order valence-corrected chi connectivity index (χ3v) is 2.84. The van der Waals surface area contributed by atoms with Crippen molar-refractivity contribution in [2.24, 2.45) is 0 Å². The van der Waals surface area contributed by atoms with E-state index in [0.29, 0.717) is 17.3 Å². The Kier molecular flexibility index (Phi) is 3.64. The Hall–Kier alpha value is -3.08. The van der Waals surface area contributed by atoms with Crippen LogP contribution in [0.1, 0.15) is 0 Å². The van der Waals surface area contributed by atoms with Crippen molar-refractivity contribution in [3.63, 3.8) is 0 Å². The van der Waals surface area contributed by atoms with Gasteiger partial charge in [0.05, 0.1) is 0 Å². The normalized spacial score (nSPS) is 10.1. The number of hydrogen-bond donors (Lipinski definition) is 2. The highest BCUT2D eigenvalue weighted by Crippen LogP contribution is 2.21. The van der Waals surface area contributed by atoms with E-state index in [0.717, 1.165) is 5.56 Å². The maximum Gasteiger partial charge on any atom is 0.324 e. The number of carbonyl (C=O) groups is 1. The van der Waals surface area contributed by atoms with Crippen molar-refractivity contribution in [2.45, 2.75) is 0 Å². The Labute approximate surface area is 121 Å². The zero-order valence-electron chi connectivity index (χ0n) is 11.1. The molecule has 0 fully saturated rings. The maximum atomic E-state index is 11.8. The lowest BCUT2D eigenvalue weighted by Gasteiger charge is -2.04. The van der Waals surface area contributed by atoms with Gasteiger partial charge in [0, 0.05) is 17.3 Å². The number of amides is 2. The molecule has 1 aromatic heterocycles. The number of urea groups is 1. The minimum absolute atomic E-state index is 0.363. The van der Waals surface area contributed by atoms with E-state index in [-0.39, 0.29) is 6.03 Å². The number of nitrogens with one attached hydrogen (secondary N) is 2. The third kappa shape index (κ3) is 3.27. The summed E-state index contributed by atoms with van der Waals surface area (Å²) in [4.78, 5) is 11.8. The van der Waals surface area contributed by atoms with Gasteiger partial charge in [0.1, 0.15) is 0 Å². The number of carbonyl (C=O) groups excluding carboxylic acids is 1. The number of benzene rings is 2. The summed E-state index contributed by atoms with van der Waals surface area (Å²) in [5.41, 5.74) is 1.61. The molecule has 5 heteroatoms. The molecule has 0 saturated carbocycles. The third-order valence-electron chi connectivity index (χ3n) is 2.84. The molecule has 2 N–H and O–H groups in total. The van der Waals surface area contributed by atoms with Crippen LogP contribution in [-0.2, 0) is 0 Å². The molecular weight excluding hydrogens is 266 g/mol. The van der Waals surface area contributed by atoms with Crippen molar-refractivity contribution in [1.29, 1.82) is 0 Å². The Morgan fingerprint density at radius 3 is 2.29 bits per heavy atom. The van der Waals surface area contributed by atoms with Gasteiger partial charge >= 0.3 is 6.03 Å². The molecule has 3 rings (SSSR count). The largest absolute Gasteiger partial charge is 0.354 e. The Bertz CT molecular complexity index is 724. The van der Waals surface area contributed by atoms with Crippen LogP contribution >= 0.6 is 0 Å². The number of aromatic nitrogens is 1. The monoisotopic (exact) mass is 279 g/mol. The van der Waals surface area contributed by atoms with Gasteiger partial charge in [-0.05, 0) is 12.1 Å². The van der Waals surface area contributed by atoms with Crippen LogP contribution in [0.3, 0.4) is 0 Å². The van der Waals surface area contributed by atoms with E-state index in [2.05, 4.69) is 15.8 Å². The summed E-state index contributed by atoms with van der Waals surface area (Å²) in [6.45, 7) is 0. The summed E-state index contributed by atoms with van der Waals surface area (Å²) in [6, 6.07) is 20.1. The first-order chi connectivity index (χ1) is 10.3. The van der Waals surface area contributed by atoms with Crippen molar-refractivity contribution >= 4 is 17.5 Å². The van der Waals surface area contributed by atoms with E-state index >= 15 is 0 Å². The molecule has 0 aliphatic carbocycles. The minimum atomic E-state index is -0.367. The molecule has 21 heavy (non-hydrogen) atoms. The summed E-state index contributed by atoms with van der Waals surface area (Å²) in [5, 5.41) is 9.16. The molecule has 2 aromatic carbocycles. The number of hydrogen-bond acceptors (Lipinski definition) is 3. The highest BCUT2D eigenvalue weighted by Gasteiger charge is 2.09. The van der Waals surface area contributed by atoms with Crippen LogP contribution in [0.15, 0.2) is 71.3 Å². The van der Waals surface area contributed by atoms with Gasteiger partial charge in [0.2, 0.25) is 0 Å². The van der Waals surface area contributed by atoms with Crippen LogP contribution < -0.4 is 10.6 Å². The highest BCUT2D eigenvalue weighted by atomic mass is 16.5. The lowest BCUT2D eigenvalue weighted by Crippen LogP contribution is -2.19. The second-order valence-corrected chi connectivity index (χ2v) is 4.39. The number of rotatable bonds is 3. The molecule has 0 radical (unpaired) electrons. The molecule has 1 heterocycles. The molecule has 5 nitrogen and oxygen atoms in total. The predicted octanol–water partition coefficient (Wildman–Crippen LogP) is 3.99. The SMILES string of the molecule is O=C(Nc1ccccc1)Nc1cc(-c2ccccc2)on1. The molecule has 104 valence electrons.